The Bertz CT molecular complexity index is 610. The maximum atomic E-state index is 12.7. The Hall–Kier alpha value is -2.01. The van der Waals surface area contributed by atoms with E-state index in [2.05, 4.69) is 5.32 Å². The molecule has 2 nitrogen and oxygen atoms in total. The van der Waals surface area contributed by atoms with Crippen LogP contribution in [0.5, 0.6) is 0 Å². The van der Waals surface area contributed by atoms with Gasteiger partial charge in [-0.25, -0.2) is 0 Å². The van der Waals surface area contributed by atoms with Crippen LogP contribution in [-0.4, -0.2) is 5.11 Å². The molecule has 1 atom stereocenters. The van der Waals surface area contributed by atoms with Crippen LogP contribution >= 0.6 is 0 Å². The molecule has 0 saturated carbocycles. The van der Waals surface area contributed by atoms with E-state index in [0.717, 1.165) is 12.1 Å². The molecule has 2 aromatic carbocycles. The molecule has 5 heteroatoms. The van der Waals surface area contributed by atoms with Gasteiger partial charge in [-0.1, -0.05) is 30.3 Å². The largest absolute Gasteiger partial charge is 0.416 e. The van der Waals surface area contributed by atoms with Crippen LogP contribution in [0.4, 0.5) is 18.9 Å². The smallest absolute Gasteiger partial charge is 0.392 e. The molecule has 1 unspecified atom stereocenters. The summed E-state index contributed by atoms with van der Waals surface area (Å²) < 4.78 is 38.2. The third-order valence-corrected chi connectivity index (χ3v) is 3.27. The zero-order chi connectivity index (χ0) is 15.5. The van der Waals surface area contributed by atoms with Crippen LogP contribution in [0.2, 0.25) is 0 Å². The molecular weight excluding hydrogens is 279 g/mol. The highest BCUT2D eigenvalue weighted by molar-refractivity contribution is 5.52. The zero-order valence-electron chi connectivity index (χ0n) is 11.5. The van der Waals surface area contributed by atoms with Gasteiger partial charge in [-0.05, 0) is 30.7 Å². The predicted octanol–water partition coefficient (Wildman–Crippen LogP) is 4.37. The molecule has 112 valence electrons. The Balaban J connectivity index is 2.22. The number of rotatable bonds is 4. The highest BCUT2D eigenvalue weighted by atomic mass is 19.4. The summed E-state index contributed by atoms with van der Waals surface area (Å²) >= 11 is 0. The van der Waals surface area contributed by atoms with Crippen LogP contribution < -0.4 is 5.32 Å². The molecule has 0 radical (unpaired) electrons. The van der Waals surface area contributed by atoms with Gasteiger partial charge in [0.1, 0.15) is 0 Å². The molecule has 0 aliphatic rings. The van der Waals surface area contributed by atoms with Crippen LogP contribution in [0.3, 0.4) is 0 Å². The van der Waals surface area contributed by atoms with E-state index < -0.39 is 11.7 Å². The van der Waals surface area contributed by atoms with Gasteiger partial charge in [-0.2, -0.15) is 13.2 Å². The van der Waals surface area contributed by atoms with Crippen LogP contribution in [0.1, 0.15) is 29.7 Å². The minimum atomic E-state index is -4.35. The summed E-state index contributed by atoms with van der Waals surface area (Å²) in [5, 5.41) is 12.4. The summed E-state index contributed by atoms with van der Waals surface area (Å²) in [6.07, 6.45) is -4.35. The quantitative estimate of drug-likeness (QED) is 0.877. The predicted molar refractivity (Wildman–Crippen MR) is 75.8 cm³/mol. The van der Waals surface area contributed by atoms with Crippen molar-refractivity contribution in [1.82, 2.24) is 0 Å². The lowest BCUT2D eigenvalue weighted by atomic mass is 10.0. The summed E-state index contributed by atoms with van der Waals surface area (Å²) in [5.74, 6) is 0. The molecule has 0 saturated heterocycles. The number of hydrogen-bond donors (Lipinski definition) is 2. The van der Waals surface area contributed by atoms with Gasteiger partial charge in [0.2, 0.25) is 0 Å². The molecule has 21 heavy (non-hydrogen) atoms. The third kappa shape index (κ3) is 3.76. The van der Waals surface area contributed by atoms with Crippen molar-refractivity contribution in [2.45, 2.75) is 25.7 Å². The Kier molecular flexibility index (Phi) is 4.53. The number of anilines is 1. The number of nitrogens with one attached hydrogen (secondary N) is 1. The second-order valence-electron chi connectivity index (χ2n) is 4.80. The van der Waals surface area contributed by atoms with Crippen molar-refractivity contribution in [3.63, 3.8) is 0 Å². The first-order valence-electron chi connectivity index (χ1n) is 6.54. The lowest BCUT2D eigenvalue weighted by Gasteiger charge is -2.19. The van der Waals surface area contributed by atoms with E-state index in [0.29, 0.717) is 16.8 Å². The molecule has 0 aliphatic heterocycles. The number of hydrogen-bond acceptors (Lipinski definition) is 2. The summed E-state index contributed by atoms with van der Waals surface area (Å²) in [5.41, 5.74) is 1.29. The van der Waals surface area contributed by atoms with Crippen LogP contribution in [0.25, 0.3) is 0 Å². The van der Waals surface area contributed by atoms with Gasteiger partial charge in [0.05, 0.1) is 12.2 Å². The number of halogens is 3. The van der Waals surface area contributed by atoms with Gasteiger partial charge in [0.15, 0.2) is 0 Å². The average Bonchev–Trinajstić information content (AvgIpc) is 2.47. The Morgan fingerprint density at radius 1 is 1.10 bits per heavy atom. The molecule has 0 spiro atoms. The first kappa shape index (κ1) is 15.4. The van der Waals surface area contributed by atoms with Gasteiger partial charge in [0.25, 0.3) is 0 Å². The third-order valence-electron chi connectivity index (χ3n) is 3.27. The fourth-order valence-electron chi connectivity index (χ4n) is 2.10. The average molecular weight is 295 g/mol. The summed E-state index contributed by atoms with van der Waals surface area (Å²) in [6, 6.07) is 12.1. The lowest BCUT2D eigenvalue weighted by molar-refractivity contribution is -0.137. The van der Waals surface area contributed by atoms with Crippen LogP contribution in [0, 0.1) is 0 Å². The van der Waals surface area contributed by atoms with E-state index in [1.54, 1.807) is 37.3 Å². The Morgan fingerprint density at radius 3 is 2.48 bits per heavy atom. The highest BCUT2D eigenvalue weighted by Gasteiger charge is 2.30. The second kappa shape index (κ2) is 6.18. The number of aliphatic hydroxyl groups is 1. The fraction of sp³-hybridized carbons (Fsp3) is 0.250. The lowest BCUT2D eigenvalue weighted by Crippen LogP contribution is -2.11. The van der Waals surface area contributed by atoms with Gasteiger partial charge in [-0.3, -0.25) is 0 Å². The van der Waals surface area contributed by atoms with Crippen molar-refractivity contribution < 1.29 is 18.3 Å². The molecule has 0 bridgehead atoms. The molecule has 0 aromatic heterocycles. The molecule has 2 rings (SSSR count). The van der Waals surface area contributed by atoms with E-state index in [9.17, 15) is 18.3 Å². The topological polar surface area (TPSA) is 32.3 Å². The number of aliphatic hydroxyl groups excluding tert-OH is 1. The maximum Gasteiger partial charge on any atom is 0.416 e. The minimum Gasteiger partial charge on any atom is -0.392 e. The molecule has 0 fully saturated rings. The number of para-hydroxylation sites is 1. The van der Waals surface area contributed by atoms with Gasteiger partial charge >= 0.3 is 6.18 Å². The summed E-state index contributed by atoms with van der Waals surface area (Å²) in [4.78, 5) is 0. The molecule has 0 aliphatic carbocycles. The van der Waals surface area contributed by atoms with E-state index in [-0.39, 0.29) is 12.6 Å². The molecule has 2 N–H and O–H groups in total. The SMILES string of the molecule is CC(Nc1ccccc1CO)c1cccc(C(F)(F)F)c1. The maximum absolute atomic E-state index is 12.7. The molecular formula is C16H16F3NO. The summed E-state index contributed by atoms with van der Waals surface area (Å²) in [6.45, 7) is 1.65. The van der Waals surface area contributed by atoms with Crippen LogP contribution in [-0.2, 0) is 12.8 Å². The fourth-order valence-corrected chi connectivity index (χ4v) is 2.10. The first-order valence-corrected chi connectivity index (χ1v) is 6.54. The minimum absolute atomic E-state index is 0.127. The Labute approximate surface area is 121 Å². The van der Waals surface area contributed by atoms with Crippen molar-refractivity contribution in [2.24, 2.45) is 0 Å². The first-order chi connectivity index (χ1) is 9.91. The number of benzene rings is 2. The van der Waals surface area contributed by atoms with E-state index >= 15 is 0 Å². The molecule has 0 heterocycles. The van der Waals surface area contributed by atoms with Crippen molar-refractivity contribution in [3.8, 4) is 0 Å². The molecule has 0 amide bonds. The van der Waals surface area contributed by atoms with Gasteiger partial charge in [0, 0.05) is 17.3 Å². The second-order valence-corrected chi connectivity index (χ2v) is 4.80. The van der Waals surface area contributed by atoms with Crippen LogP contribution in [0.15, 0.2) is 48.5 Å². The van der Waals surface area contributed by atoms with Crippen molar-refractivity contribution in [2.75, 3.05) is 5.32 Å². The Morgan fingerprint density at radius 2 is 1.81 bits per heavy atom. The molecule has 2 aromatic rings. The van der Waals surface area contributed by atoms with Crippen molar-refractivity contribution in [1.29, 1.82) is 0 Å². The number of alkyl halides is 3. The highest BCUT2D eigenvalue weighted by Crippen LogP contribution is 2.31. The monoisotopic (exact) mass is 295 g/mol. The normalized spacial score (nSPS) is 13.0. The van der Waals surface area contributed by atoms with E-state index in [1.807, 2.05) is 0 Å². The van der Waals surface area contributed by atoms with Gasteiger partial charge in [-0.15, -0.1) is 0 Å². The van der Waals surface area contributed by atoms with Crippen molar-refractivity contribution in [3.05, 3.63) is 65.2 Å². The zero-order valence-corrected chi connectivity index (χ0v) is 11.5. The van der Waals surface area contributed by atoms with Gasteiger partial charge < -0.3 is 10.4 Å². The standard InChI is InChI=1S/C16H16F3NO/c1-11(20-15-8-3-2-5-13(15)10-21)12-6-4-7-14(9-12)16(17,18)19/h2-9,11,20-21H,10H2,1H3. The van der Waals surface area contributed by atoms with E-state index in [4.69, 9.17) is 0 Å². The summed E-state index contributed by atoms with van der Waals surface area (Å²) in [7, 11) is 0. The van der Waals surface area contributed by atoms with E-state index in [1.165, 1.54) is 6.07 Å². The van der Waals surface area contributed by atoms with Crippen molar-refractivity contribution >= 4 is 5.69 Å².